The summed E-state index contributed by atoms with van der Waals surface area (Å²) in [6, 6.07) is 0. The van der Waals surface area contributed by atoms with Crippen LogP contribution >= 0.6 is 0 Å². The number of carbonyl (C=O) groups excluding carboxylic acids is 4. The van der Waals surface area contributed by atoms with Gasteiger partial charge in [0.15, 0.2) is 12.2 Å². The van der Waals surface area contributed by atoms with Gasteiger partial charge >= 0.3 is 23.9 Å². The van der Waals surface area contributed by atoms with Gasteiger partial charge in [0.05, 0.1) is 13.0 Å². The maximum atomic E-state index is 12.4. The lowest BCUT2D eigenvalue weighted by molar-refractivity contribution is -0.370. The highest BCUT2D eigenvalue weighted by molar-refractivity contribution is 5.82. The van der Waals surface area contributed by atoms with Crippen LogP contribution in [0, 0.1) is 5.92 Å². The molecule has 0 saturated carbocycles. The Labute approximate surface area is 179 Å². The predicted octanol–water partition coefficient (Wildman–Crippen LogP) is -5.08. The van der Waals surface area contributed by atoms with Gasteiger partial charge < -0.3 is 40.5 Å². The van der Waals surface area contributed by atoms with Crippen molar-refractivity contribution in [2.24, 2.45) is 5.92 Å². The van der Waals surface area contributed by atoms with Gasteiger partial charge in [0.25, 0.3) is 0 Å². The summed E-state index contributed by atoms with van der Waals surface area (Å²) in [6.07, 6.45) is -13.1. The van der Waals surface area contributed by atoms with Gasteiger partial charge in [-0.1, -0.05) is 0 Å². The smallest absolute Gasteiger partial charge is 0.383 e. The number of hydrogen-bond donors (Lipinski definition) is 7. The van der Waals surface area contributed by atoms with Gasteiger partial charge in [-0.15, -0.1) is 0 Å². The lowest BCUT2D eigenvalue weighted by Gasteiger charge is -2.47. The Hall–Kier alpha value is -2.44. The third-order valence-corrected chi connectivity index (χ3v) is 4.26. The summed E-state index contributed by atoms with van der Waals surface area (Å²) in [4.78, 5) is 63.0. The van der Waals surface area contributed by atoms with Crippen LogP contribution in [-0.4, -0.2) is 109 Å². The van der Waals surface area contributed by atoms with Gasteiger partial charge in [0, 0.05) is 0 Å². The van der Waals surface area contributed by atoms with Crippen LogP contribution < -0.4 is 0 Å². The summed E-state index contributed by atoms with van der Waals surface area (Å²) in [7, 11) is 0. The predicted molar refractivity (Wildman–Crippen MR) is 90.8 cm³/mol. The summed E-state index contributed by atoms with van der Waals surface area (Å²) in [6.45, 7) is 0.901. The highest BCUT2D eigenvalue weighted by Crippen LogP contribution is 2.36. The molecule has 0 spiro atoms. The molecule has 16 nitrogen and oxygen atoms in total. The van der Waals surface area contributed by atoms with E-state index in [2.05, 4.69) is 19.6 Å². The molecule has 32 heavy (non-hydrogen) atoms. The number of ether oxygens (including phenoxy) is 1. The largest absolute Gasteiger partial charge is 0.394 e. The maximum absolute atomic E-state index is 12.4. The van der Waals surface area contributed by atoms with Crippen LogP contribution in [0.25, 0.3) is 0 Å². The minimum Gasteiger partial charge on any atom is -0.394 e. The van der Waals surface area contributed by atoms with Crippen molar-refractivity contribution < 1.29 is 79.2 Å². The van der Waals surface area contributed by atoms with Crippen molar-refractivity contribution in [3.8, 4) is 0 Å². The number of rotatable bonds is 7. The van der Waals surface area contributed by atoms with Crippen LogP contribution in [0.5, 0.6) is 0 Å². The van der Waals surface area contributed by atoms with E-state index in [1.165, 1.54) is 0 Å². The first kappa shape index (κ1) is 27.6. The summed E-state index contributed by atoms with van der Waals surface area (Å²) in [5.74, 6) is -11.9. The Bertz CT molecular complexity index is 690. The molecule has 0 bridgehead atoms. The monoisotopic (exact) mass is 472 g/mol. The van der Waals surface area contributed by atoms with E-state index in [9.17, 15) is 44.7 Å². The molecule has 7 N–H and O–H groups in total. The normalized spacial score (nSPS) is 30.4. The van der Waals surface area contributed by atoms with Crippen molar-refractivity contribution in [2.75, 3.05) is 6.61 Å². The fraction of sp³-hybridized carbons (Fsp3) is 0.750. The first-order chi connectivity index (χ1) is 14.8. The zero-order chi connectivity index (χ0) is 24.8. The van der Waals surface area contributed by atoms with Gasteiger partial charge in [-0.3, -0.25) is 0 Å². The highest BCUT2D eigenvalue weighted by atomic mass is 17.2. The molecule has 0 aromatic rings. The van der Waals surface area contributed by atoms with Gasteiger partial charge in [-0.05, 0) is 13.8 Å². The van der Waals surface area contributed by atoms with E-state index < -0.39 is 85.2 Å². The standard InChI is InChI=1S/C16H24O16/c1-5(18)13(24)30-29-9(20)3-7(15(26)32-31-14(25)6(2)19)16(27)12(23)11(22)10(21)8(4-17)28-16/h5-8,10-12,17-19,21-23,27H,3-4H2,1-2H3/t5?,6?,7?,8-,10-,11+,12-,16?/m1/s1. The Kier molecular flexibility index (Phi) is 9.86. The SMILES string of the molecule is CC(O)C(=O)OOC(=O)CC(C(=O)OOC(=O)C(C)O)C1(O)O[C@H](CO)[C@@H](O)[C@H](O)[C@H]1O. The average Bonchev–Trinajstić information content (AvgIpc) is 2.74. The van der Waals surface area contributed by atoms with Crippen LogP contribution in [0.15, 0.2) is 0 Å². The second kappa shape index (κ2) is 11.4. The van der Waals surface area contributed by atoms with Crippen LogP contribution in [-0.2, 0) is 43.5 Å². The Morgan fingerprint density at radius 1 is 0.875 bits per heavy atom. The van der Waals surface area contributed by atoms with Crippen LogP contribution in [0.2, 0.25) is 0 Å². The zero-order valence-electron chi connectivity index (χ0n) is 16.8. The number of carbonyl (C=O) groups is 4. The van der Waals surface area contributed by atoms with Crippen molar-refractivity contribution in [1.82, 2.24) is 0 Å². The van der Waals surface area contributed by atoms with Crippen molar-refractivity contribution in [2.45, 2.75) is 62.7 Å². The first-order valence-corrected chi connectivity index (χ1v) is 9.01. The van der Waals surface area contributed by atoms with E-state index in [0.717, 1.165) is 13.8 Å². The van der Waals surface area contributed by atoms with Crippen molar-refractivity contribution in [1.29, 1.82) is 0 Å². The van der Waals surface area contributed by atoms with Gasteiger partial charge in [-0.2, -0.15) is 0 Å². The fourth-order valence-electron chi connectivity index (χ4n) is 2.43. The van der Waals surface area contributed by atoms with E-state index in [1.807, 2.05) is 0 Å². The highest BCUT2D eigenvalue weighted by Gasteiger charge is 2.60. The first-order valence-electron chi connectivity index (χ1n) is 9.01. The molecule has 184 valence electrons. The molecule has 1 rings (SSSR count). The summed E-state index contributed by atoms with van der Waals surface area (Å²) >= 11 is 0. The molecule has 1 heterocycles. The average molecular weight is 472 g/mol. The Morgan fingerprint density at radius 3 is 1.81 bits per heavy atom. The number of aliphatic hydroxyl groups is 7. The second-order valence-corrected chi connectivity index (χ2v) is 6.79. The van der Waals surface area contributed by atoms with E-state index >= 15 is 0 Å². The van der Waals surface area contributed by atoms with Crippen molar-refractivity contribution in [3.05, 3.63) is 0 Å². The molecular formula is C16H24O16. The van der Waals surface area contributed by atoms with E-state index in [-0.39, 0.29) is 0 Å². The maximum Gasteiger partial charge on any atom is 0.383 e. The van der Waals surface area contributed by atoms with E-state index in [1.54, 1.807) is 0 Å². The second-order valence-electron chi connectivity index (χ2n) is 6.79. The molecule has 0 radical (unpaired) electrons. The fourth-order valence-corrected chi connectivity index (χ4v) is 2.43. The lowest BCUT2D eigenvalue weighted by Crippen LogP contribution is -2.69. The molecule has 1 aliphatic heterocycles. The summed E-state index contributed by atoms with van der Waals surface area (Å²) in [5, 5.41) is 67.9. The topological polar surface area (TPSA) is 256 Å². The minimum absolute atomic E-state index is 0.951. The molecule has 0 amide bonds. The van der Waals surface area contributed by atoms with Crippen LogP contribution in [0.4, 0.5) is 0 Å². The van der Waals surface area contributed by atoms with Crippen LogP contribution in [0.3, 0.4) is 0 Å². The third kappa shape index (κ3) is 6.53. The van der Waals surface area contributed by atoms with Gasteiger partial charge in [0.2, 0.25) is 5.79 Å². The molecule has 16 heteroatoms. The number of aliphatic hydroxyl groups excluding tert-OH is 6. The molecule has 8 atom stereocenters. The quantitative estimate of drug-likeness (QED) is 0.135. The van der Waals surface area contributed by atoms with Crippen LogP contribution in [0.1, 0.15) is 20.3 Å². The summed E-state index contributed by atoms with van der Waals surface area (Å²) < 4.78 is 4.92. The van der Waals surface area contributed by atoms with Crippen molar-refractivity contribution >= 4 is 23.9 Å². The Balaban J connectivity index is 3.14. The zero-order valence-corrected chi connectivity index (χ0v) is 16.8. The molecule has 1 saturated heterocycles. The lowest BCUT2D eigenvalue weighted by atomic mass is 9.83. The molecule has 0 aliphatic carbocycles. The third-order valence-electron chi connectivity index (χ3n) is 4.26. The molecule has 0 aromatic carbocycles. The van der Waals surface area contributed by atoms with E-state index in [4.69, 9.17) is 14.9 Å². The Morgan fingerprint density at radius 2 is 1.34 bits per heavy atom. The molecule has 1 aliphatic rings. The summed E-state index contributed by atoms with van der Waals surface area (Å²) in [5.41, 5.74) is 0. The van der Waals surface area contributed by atoms with Gasteiger partial charge in [0.1, 0.15) is 30.3 Å². The van der Waals surface area contributed by atoms with Crippen molar-refractivity contribution in [3.63, 3.8) is 0 Å². The molecule has 1 fully saturated rings. The number of hydrogen-bond acceptors (Lipinski definition) is 16. The van der Waals surface area contributed by atoms with Gasteiger partial charge in [-0.25, -0.2) is 38.7 Å². The molecule has 0 aromatic heterocycles. The molecule has 4 unspecified atom stereocenters. The van der Waals surface area contributed by atoms with E-state index in [0.29, 0.717) is 0 Å². The minimum atomic E-state index is -3.24. The molecular weight excluding hydrogens is 448 g/mol.